The van der Waals surface area contributed by atoms with Crippen LogP contribution >= 0.6 is 23.2 Å². The summed E-state index contributed by atoms with van der Waals surface area (Å²) in [5.74, 6) is -1.20. The van der Waals surface area contributed by atoms with Crippen LogP contribution in [0.15, 0.2) is 47.4 Å². The number of carbonyl (C=O) groups excluding carboxylic acids is 2. The number of amides is 1. The van der Waals surface area contributed by atoms with E-state index in [1.165, 1.54) is 7.05 Å². The molecule has 10 heteroatoms. The van der Waals surface area contributed by atoms with Crippen molar-refractivity contribution in [1.29, 1.82) is 0 Å². The van der Waals surface area contributed by atoms with Crippen molar-refractivity contribution in [2.75, 3.05) is 26.7 Å². The number of rotatable bonds is 6. The van der Waals surface area contributed by atoms with Gasteiger partial charge in [-0.05, 0) is 55.3 Å². The smallest absolute Gasteiger partial charge is 0.243 e. The summed E-state index contributed by atoms with van der Waals surface area (Å²) in [5, 5.41) is 0.684. The highest BCUT2D eigenvalue weighted by molar-refractivity contribution is 7.89. The minimum Gasteiger partial charge on any atom is -0.342 e. The predicted molar refractivity (Wildman–Crippen MR) is 116 cm³/mol. The van der Waals surface area contributed by atoms with Gasteiger partial charge in [0.2, 0.25) is 15.9 Å². The first-order valence-corrected chi connectivity index (χ1v) is 11.8. The van der Waals surface area contributed by atoms with Gasteiger partial charge in [0.15, 0.2) is 5.78 Å². The second-order valence-corrected chi connectivity index (χ2v) is 10.2. The number of Topliss-reactive ketones (excluding diaryl/α,β-unsaturated/α-hetero) is 1. The van der Waals surface area contributed by atoms with Crippen LogP contribution in [-0.4, -0.2) is 56.0 Å². The van der Waals surface area contributed by atoms with Gasteiger partial charge in [-0.1, -0.05) is 23.2 Å². The summed E-state index contributed by atoms with van der Waals surface area (Å²) in [4.78, 5) is 26.8. The number of likely N-dealkylation sites (tertiary alicyclic amines) is 1. The molecule has 2 aromatic rings. The molecule has 0 atom stereocenters. The Morgan fingerprint density at radius 3 is 2.26 bits per heavy atom. The predicted octanol–water partition coefficient (Wildman–Crippen LogP) is 3.87. The molecule has 31 heavy (non-hydrogen) atoms. The van der Waals surface area contributed by atoms with Crippen molar-refractivity contribution in [1.82, 2.24) is 9.21 Å². The highest BCUT2D eigenvalue weighted by Crippen LogP contribution is 2.27. The monoisotopic (exact) mass is 486 g/mol. The van der Waals surface area contributed by atoms with Crippen LogP contribution in [0.1, 0.15) is 23.2 Å². The third kappa shape index (κ3) is 5.44. The molecule has 0 aliphatic carbocycles. The summed E-state index contributed by atoms with van der Waals surface area (Å²) in [6.45, 7) is 0.354. The van der Waals surface area contributed by atoms with Crippen molar-refractivity contribution in [3.63, 3.8) is 0 Å². The average Bonchev–Trinajstić information content (AvgIpc) is 2.75. The molecule has 0 aromatic heterocycles. The van der Waals surface area contributed by atoms with Crippen molar-refractivity contribution in [3.05, 3.63) is 63.9 Å². The highest BCUT2D eigenvalue weighted by Gasteiger charge is 2.30. The number of hydrogen-bond donors (Lipinski definition) is 0. The van der Waals surface area contributed by atoms with Gasteiger partial charge < -0.3 is 4.90 Å². The van der Waals surface area contributed by atoms with Crippen molar-refractivity contribution in [2.24, 2.45) is 5.92 Å². The lowest BCUT2D eigenvalue weighted by Gasteiger charge is -2.32. The normalized spacial score (nSPS) is 15.3. The van der Waals surface area contributed by atoms with Gasteiger partial charge in [-0.2, -0.15) is 4.31 Å². The summed E-state index contributed by atoms with van der Waals surface area (Å²) in [6, 6.07) is 9.17. The Hall–Kier alpha value is -2.00. The van der Waals surface area contributed by atoms with Crippen molar-refractivity contribution < 1.29 is 22.4 Å². The van der Waals surface area contributed by atoms with Gasteiger partial charge in [-0.3, -0.25) is 9.59 Å². The fourth-order valence-electron chi connectivity index (χ4n) is 3.44. The third-order valence-corrected chi connectivity index (χ3v) is 7.86. The number of likely N-dealkylation sites (N-methyl/N-ethyl adjacent to an activating group) is 1. The molecule has 2 aromatic carbocycles. The zero-order chi connectivity index (χ0) is 22.8. The molecule has 0 spiro atoms. The van der Waals surface area contributed by atoms with Crippen LogP contribution in [0.3, 0.4) is 0 Å². The van der Waals surface area contributed by atoms with Gasteiger partial charge in [0.25, 0.3) is 0 Å². The number of nitrogens with zero attached hydrogens (tertiary/aromatic N) is 2. The molecule has 0 bridgehead atoms. The number of sulfonamides is 1. The first-order valence-electron chi connectivity index (χ1n) is 9.58. The van der Waals surface area contributed by atoms with E-state index < -0.39 is 15.8 Å². The third-order valence-electron chi connectivity index (χ3n) is 5.30. The Kier molecular flexibility index (Phi) is 7.36. The minimum absolute atomic E-state index is 0.0540. The van der Waals surface area contributed by atoms with Crippen LogP contribution in [0.5, 0.6) is 0 Å². The quantitative estimate of drug-likeness (QED) is 0.580. The molecule has 1 aliphatic rings. The van der Waals surface area contributed by atoms with Gasteiger partial charge in [0.05, 0.1) is 21.5 Å². The van der Waals surface area contributed by atoms with E-state index in [0.29, 0.717) is 41.5 Å². The second-order valence-electron chi connectivity index (χ2n) is 7.36. The zero-order valence-electron chi connectivity index (χ0n) is 16.7. The van der Waals surface area contributed by atoms with Crippen molar-refractivity contribution in [2.45, 2.75) is 17.7 Å². The molecule has 1 aliphatic heterocycles. The number of benzene rings is 2. The number of ketones is 1. The Bertz CT molecular complexity index is 1090. The van der Waals surface area contributed by atoms with Crippen LogP contribution < -0.4 is 0 Å². The Balaban J connectivity index is 1.57. The van der Waals surface area contributed by atoms with Gasteiger partial charge in [0, 0.05) is 31.6 Å². The zero-order valence-corrected chi connectivity index (χ0v) is 19.1. The van der Waals surface area contributed by atoms with E-state index in [4.69, 9.17) is 23.2 Å². The first-order chi connectivity index (χ1) is 14.6. The van der Waals surface area contributed by atoms with E-state index in [1.54, 1.807) is 23.1 Å². The van der Waals surface area contributed by atoms with E-state index in [9.17, 15) is 22.4 Å². The molecule has 0 N–H and O–H groups in total. The van der Waals surface area contributed by atoms with Crippen molar-refractivity contribution in [3.8, 4) is 0 Å². The average molecular weight is 487 g/mol. The summed E-state index contributed by atoms with van der Waals surface area (Å²) < 4.78 is 39.2. The minimum atomic E-state index is -3.92. The van der Waals surface area contributed by atoms with Crippen LogP contribution in [0.2, 0.25) is 10.0 Å². The van der Waals surface area contributed by atoms with Crippen LogP contribution in [-0.2, 0) is 14.8 Å². The van der Waals surface area contributed by atoms with Gasteiger partial charge >= 0.3 is 0 Å². The van der Waals surface area contributed by atoms with E-state index in [2.05, 4.69) is 0 Å². The molecule has 1 heterocycles. The molecule has 1 amide bonds. The van der Waals surface area contributed by atoms with Crippen LogP contribution in [0.25, 0.3) is 0 Å². The molecular formula is C21H21Cl2FN2O4S. The first kappa shape index (κ1) is 23.7. The lowest BCUT2D eigenvalue weighted by Crippen LogP contribution is -2.45. The summed E-state index contributed by atoms with van der Waals surface area (Å²) >= 11 is 11.9. The topological polar surface area (TPSA) is 74.8 Å². The lowest BCUT2D eigenvalue weighted by molar-refractivity contribution is -0.132. The molecule has 3 rings (SSSR count). The standard InChI is InChI=1S/C21H21Cl2FN2O4S/c1-25(31(29,30)17-5-3-16(24)4-6-17)13-20(27)26-10-8-14(9-11-26)21(28)15-2-7-18(22)19(23)12-15/h2-7,12,14H,8-11,13H2,1H3. The molecule has 1 fully saturated rings. The number of carbonyl (C=O) groups is 2. The molecule has 0 radical (unpaired) electrons. The van der Waals surface area contributed by atoms with E-state index >= 15 is 0 Å². The maximum absolute atomic E-state index is 13.1. The van der Waals surface area contributed by atoms with Gasteiger partial charge in [-0.15, -0.1) is 0 Å². The Morgan fingerprint density at radius 1 is 1.06 bits per heavy atom. The summed E-state index contributed by atoms with van der Waals surface area (Å²) in [5.41, 5.74) is 0.476. The van der Waals surface area contributed by atoms with Crippen LogP contribution in [0, 0.1) is 11.7 Å². The van der Waals surface area contributed by atoms with Gasteiger partial charge in [0.1, 0.15) is 5.82 Å². The molecule has 1 saturated heterocycles. The molecule has 6 nitrogen and oxygen atoms in total. The van der Waals surface area contributed by atoms with Gasteiger partial charge in [-0.25, -0.2) is 12.8 Å². The maximum Gasteiger partial charge on any atom is 0.243 e. The second kappa shape index (κ2) is 9.65. The largest absolute Gasteiger partial charge is 0.342 e. The molecule has 166 valence electrons. The summed E-state index contributed by atoms with van der Waals surface area (Å²) in [7, 11) is -2.61. The summed E-state index contributed by atoms with van der Waals surface area (Å²) in [6.07, 6.45) is 0.943. The van der Waals surface area contributed by atoms with E-state index in [1.807, 2.05) is 0 Å². The number of piperidine rings is 1. The Labute approximate surface area is 190 Å². The SMILES string of the molecule is CN(CC(=O)N1CCC(C(=O)c2ccc(Cl)c(Cl)c2)CC1)S(=O)(=O)c1ccc(F)cc1. The number of hydrogen-bond acceptors (Lipinski definition) is 4. The number of halogens is 3. The highest BCUT2D eigenvalue weighted by atomic mass is 35.5. The molecule has 0 saturated carbocycles. The van der Waals surface area contributed by atoms with E-state index in [0.717, 1.165) is 28.6 Å². The van der Waals surface area contributed by atoms with E-state index in [-0.39, 0.29) is 29.0 Å². The lowest BCUT2D eigenvalue weighted by atomic mass is 9.89. The molecule has 0 unspecified atom stereocenters. The fourth-order valence-corrected chi connectivity index (χ4v) is 4.86. The Morgan fingerprint density at radius 2 is 1.68 bits per heavy atom. The van der Waals surface area contributed by atoms with Crippen LogP contribution in [0.4, 0.5) is 4.39 Å². The van der Waals surface area contributed by atoms with Crippen molar-refractivity contribution >= 4 is 44.9 Å². The molecular weight excluding hydrogens is 466 g/mol. The fraction of sp³-hybridized carbons (Fsp3) is 0.333. The maximum atomic E-state index is 13.1.